The Hall–Kier alpha value is -3.43. The summed E-state index contributed by atoms with van der Waals surface area (Å²) in [6.07, 6.45) is 3.62. The van der Waals surface area contributed by atoms with Gasteiger partial charge in [0, 0.05) is 55.8 Å². The SMILES string of the molecule is CC[C@H]1CN(CCCO)c2cccc3cc(-c4nc5cc(C(=O)N6C[C@H]7CC[C@@H]6[C@@H]7N)cc(F)c5n4CC)n1c23. The van der Waals surface area contributed by atoms with Crippen LogP contribution in [0, 0.1) is 11.7 Å². The number of para-hydroxylation sites is 1. The maximum Gasteiger partial charge on any atom is 0.254 e. The van der Waals surface area contributed by atoms with E-state index in [1.807, 2.05) is 16.4 Å². The van der Waals surface area contributed by atoms with Crippen molar-refractivity contribution in [1.82, 2.24) is 19.0 Å². The number of nitrogens with zero attached hydrogens (tertiary/aromatic N) is 5. The van der Waals surface area contributed by atoms with Gasteiger partial charge in [-0.3, -0.25) is 4.79 Å². The number of aliphatic hydroxyl groups excluding tert-OH is 1. The summed E-state index contributed by atoms with van der Waals surface area (Å²) in [5.74, 6) is 0.475. The zero-order valence-corrected chi connectivity index (χ0v) is 23.2. The van der Waals surface area contributed by atoms with Crippen molar-refractivity contribution < 1.29 is 14.3 Å². The first kappa shape index (κ1) is 25.5. The molecule has 2 aromatic heterocycles. The number of amides is 1. The van der Waals surface area contributed by atoms with E-state index in [0.717, 1.165) is 61.1 Å². The molecule has 1 amide bonds. The molecule has 0 spiro atoms. The van der Waals surface area contributed by atoms with Gasteiger partial charge in [0.05, 0.1) is 28.5 Å². The Morgan fingerprint density at radius 2 is 2.00 bits per heavy atom. The number of piperidine rings is 1. The maximum atomic E-state index is 15.8. The van der Waals surface area contributed by atoms with E-state index in [9.17, 15) is 9.90 Å². The number of nitrogens with two attached hydrogens (primary N) is 1. The fourth-order valence-corrected chi connectivity index (χ4v) is 7.58. The first-order chi connectivity index (χ1) is 19.4. The van der Waals surface area contributed by atoms with Crippen molar-refractivity contribution in [2.24, 2.45) is 11.7 Å². The second-order valence-corrected chi connectivity index (χ2v) is 11.6. The predicted octanol–water partition coefficient (Wildman–Crippen LogP) is 4.53. The summed E-state index contributed by atoms with van der Waals surface area (Å²) in [7, 11) is 0. The second kappa shape index (κ2) is 9.59. The first-order valence-corrected chi connectivity index (χ1v) is 14.7. The Labute approximate surface area is 233 Å². The van der Waals surface area contributed by atoms with Gasteiger partial charge in [0.25, 0.3) is 5.91 Å². The fraction of sp³-hybridized carbons (Fsp3) is 0.484. The molecule has 2 aromatic carbocycles. The van der Waals surface area contributed by atoms with Gasteiger partial charge >= 0.3 is 0 Å². The van der Waals surface area contributed by atoms with Crippen molar-refractivity contribution in [3.05, 3.63) is 47.8 Å². The van der Waals surface area contributed by atoms with Crippen LogP contribution in [0.4, 0.5) is 10.1 Å². The van der Waals surface area contributed by atoms with Crippen LogP contribution in [-0.4, -0.2) is 68.4 Å². The number of likely N-dealkylation sites (tertiary alicyclic amines) is 1. The lowest BCUT2D eigenvalue weighted by Gasteiger charge is -2.36. The standard InChI is InChI=1S/C31H37FN6O2/c1-3-21-17-35(11-6-12-39)25-8-5-7-18-15-26(38(21)28(18)25)30-34-23-14-20(13-22(32)29(23)36(30)4-2)31(40)37-16-19-9-10-24(37)27(19)33/h5,7-8,13-15,19,21,24,27,39H,3-4,6,9-12,16-17,33H2,1-2H3/t19-,21+,24-,27-/m1/s1. The molecule has 40 heavy (non-hydrogen) atoms. The topological polar surface area (TPSA) is 92.6 Å². The third-order valence-electron chi connectivity index (χ3n) is 9.53. The molecule has 0 unspecified atom stereocenters. The number of hydrogen-bond acceptors (Lipinski definition) is 5. The van der Waals surface area contributed by atoms with Crippen LogP contribution in [-0.2, 0) is 6.54 Å². The lowest BCUT2D eigenvalue weighted by molar-refractivity contribution is 0.0700. The highest BCUT2D eigenvalue weighted by Gasteiger charge is 2.47. The van der Waals surface area contributed by atoms with Crippen LogP contribution in [0.1, 0.15) is 55.9 Å². The summed E-state index contributed by atoms with van der Waals surface area (Å²) in [5.41, 5.74) is 10.9. The molecule has 0 radical (unpaired) electrons. The zero-order chi connectivity index (χ0) is 27.7. The van der Waals surface area contributed by atoms with Crippen molar-refractivity contribution >= 4 is 33.5 Å². The van der Waals surface area contributed by atoms with E-state index in [4.69, 9.17) is 10.7 Å². The molecule has 9 heteroatoms. The van der Waals surface area contributed by atoms with Gasteiger partial charge in [0.15, 0.2) is 5.82 Å². The molecule has 1 aliphatic carbocycles. The van der Waals surface area contributed by atoms with Crippen molar-refractivity contribution in [3.8, 4) is 11.5 Å². The number of imidazole rings is 1. The molecule has 3 N–H and O–H groups in total. The van der Waals surface area contributed by atoms with E-state index in [-0.39, 0.29) is 30.6 Å². The Morgan fingerprint density at radius 3 is 2.70 bits per heavy atom. The molecule has 3 aliphatic rings. The highest BCUT2D eigenvalue weighted by atomic mass is 19.1. The number of halogens is 1. The summed E-state index contributed by atoms with van der Waals surface area (Å²) < 4.78 is 20.1. The smallest absolute Gasteiger partial charge is 0.254 e. The molecule has 4 heterocycles. The van der Waals surface area contributed by atoms with Crippen LogP contribution in [0.25, 0.3) is 33.5 Å². The summed E-state index contributed by atoms with van der Waals surface area (Å²) in [6.45, 7) is 7.19. The molecule has 4 aromatic rings. The van der Waals surface area contributed by atoms with Crippen LogP contribution in [0.15, 0.2) is 36.4 Å². The number of aromatic nitrogens is 3. The Balaban J connectivity index is 1.36. The number of carbonyl (C=O) groups is 1. The molecule has 1 saturated heterocycles. The van der Waals surface area contributed by atoms with Crippen molar-refractivity contribution in [3.63, 3.8) is 0 Å². The molecule has 210 valence electrons. The number of benzene rings is 2. The monoisotopic (exact) mass is 544 g/mol. The lowest BCUT2D eigenvalue weighted by atomic mass is 10.1. The minimum absolute atomic E-state index is 0.0138. The van der Waals surface area contributed by atoms with Crippen LogP contribution in [0.3, 0.4) is 0 Å². The van der Waals surface area contributed by atoms with Gasteiger partial charge in [-0.15, -0.1) is 0 Å². The predicted molar refractivity (Wildman–Crippen MR) is 155 cm³/mol. The quantitative estimate of drug-likeness (QED) is 0.357. The van der Waals surface area contributed by atoms with E-state index in [1.54, 1.807) is 6.07 Å². The van der Waals surface area contributed by atoms with Crippen molar-refractivity contribution in [2.45, 2.75) is 64.2 Å². The zero-order valence-electron chi connectivity index (χ0n) is 23.2. The van der Waals surface area contributed by atoms with Gasteiger partial charge in [-0.2, -0.15) is 0 Å². The Morgan fingerprint density at radius 1 is 1.15 bits per heavy atom. The van der Waals surface area contributed by atoms with E-state index < -0.39 is 5.82 Å². The van der Waals surface area contributed by atoms with Gasteiger partial charge in [0.2, 0.25) is 0 Å². The molecule has 2 bridgehead atoms. The van der Waals surface area contributed by atoms with E-state index in [1.165, 1.54) is 6.07 Å². The van der Waals surface area contributed by atoms with Crippen LogP contribution in [0.2, 0.25) is 0 Å². The van der Waals surface area contributed by atoms with Gasteiger partial charge < -0.3 is 29.8 Å². The second-order valence-electron chi connectivity index (χ2n) is 11.6. The van der Waals surface area contributed by atoms with Crippen LogP contribution < -0.4 is 10.6 Å². The number of rotatable bonds is 7. The van der Waals surface area contributed by atoms with E-state index in [0.29, 0.717) is 41.4 Å². The molecule has 7 rings (SSSR count). The summed E-state index contributed by atoms with van der Waals surface area (Å²) in [4.78, 5) is 22.7. The number of carbonyl (C=O) groups excluding carboxylic acids is 1. The maximum absolute atomic E-state index is 15.8. The lowest BCUT2D eigenvalue weighted by Crippen LogP contribution is -2.41. The highest BCUT2D eigenvalue weighted by Crippen LogP contribution is 2.42. The summed E-state index contributed by atoms with van der Waals surface area (Å²) >= 11 is 0. The Bertz CT molecular complexity index is 1630. The Kier molecular flexibility index (Phi) is 6.12. The number of anilines is 1. The highest BCUT2D eigenvalue weighted by molar-refractivity contribution is 6.00. The largest absolute Gasteiger partial charge is 0.396 e. The average Bonchev–Trinajstić information content (AvgIpc) is 3.72. The normalized spacial score (nSPS) is 23.7. The van der Waals surface area contributed by atoms with E-state index >= 15 is 4.39 Å². The number of aliphatic hydroxyl groups is 1. The summed E-state index contributed by atoms with van der Waals surface area (Å²) in [5, 5.41) is 10.6. The molecule has 2 fully saturated rings. The van der Waals surface area contributed by atoms with Crippen molar-refractivity contribution in [1.29, 1.82) is 0 Å². The van der Waals surface area contributed by atoms with Gasteiger partial charge in [-0.1, -0.05) is 19.1 Å². The van der Waals surface area contributed by atoms with E-state index in [2.05, 4.69) is 40.7 Å². The number of aryl methyl sites for hydroxylation is 1. The average molecular weight is 545 g/mol. The van der Waals surface area contributed by atoms with Crippen LogP contribution in [0.5, 0.6) is 0 Å². The van der Waals surface area contributed by atoms with Gasteiger partial charge in [-0.25, -0.2) is 9.37 Å². The third-order valence-corrected chi connectivity index (χ3v) is 9.53. The van der Waals surface area contributed by atoms with Gasteiger partial charge in [-0.05, 0) is 62.8 Å². The number of fused-ring (bicyclic) bond motifs is 3. The fourth-order valence-electron chi connectivity index (χ4n) is 7.58. The van der Waals surface area contributed by atoms with Crippen molar-refractivity contribution in [2.75, 3.05) is 31.1 Å². The van der Waals surface area contributed by atoms with Gasteiger partial charge in [0.1, 0.15) is 11.3 Å². The van der Waals surface area contributed by atoms with Crippen LogP contribution >= 0.6 is 0 Å². The minimum atomic E-state index is -0.423. The molecule has 2 aliphatic heterocycles. The molecular weight excluding hydrogens is 507 g/mol. The molecule has 4 atom stereocenters. The molecule has 8 nitrogen and oxygen atoms in total. The third kappa shape index (κ3) is 3.63. The first-order valence-electron chi connectivity index (χ1n) is 14.7. The minimum Gasteiger partial charge on any atom is -0.396 e. The molecular formula is C31H37FN6O2. The summed E-state index contributed by atoms with van der Waals surface area (Å²) in [6, 6.07) is 11.9. The number of hydrogen-bond donors (Lipinski definition) is 2. The molecule has 1 saturated carbocycles.